The third-order valence-corrected chi connectivity index (χ3v) is 6.56. The van der Waals surface area contributed by atoms with E-state index in [1.165, 1.54) is 10.6 Å². The minimum Gasteiger partial charge on any atom is -0.338 e. The fourth-order valence-corrected chi connectivity index (χ4v) is 5.21. The lowest BCUT2D eigenvalue weighted by atomic mass is 10.0. The molecule has 1 saturated heterocycles. The molecule has 0 saturated carbocycles. The van der Waals surface area contributed by atoms with Gasteiger partial charge in [-0.1, -0.05) is 18.6 Å². The molecule has 6 nitrogen and oxygen atoms in total. The second-order valence-corrected chi connectivity index (χ2v) is 9.21. The van der Waals surface area contributed by atoms with Gasteiger partial charge in [0.15, 0.2) is 0 Å². The first-order chi connectivity index (χ1) is 11.4. The maximum absolute atomic E-state index is 12.8. The Morgan fingerprint density at radius 1 is 1.38 bits per heavy atom. The summed E-state index contributed by atoms with van der Waals surface area (Å²) in [6.07, 6.45) is 3.43. The first-order valence-electron chi connectivity index (χ1n) is 7.92. The van der Waals surface area contributed by atoms with Crippen molar-refractivity contribution in [1.29, 1.82) is 0 Å². The number of amides is 1. The number of carbonyl (C=O) groups is 1. The molecular formula is C16H21N3O3S2. The van der Waals surface area contributed by atoms with E-state index in [0.29, 0.717) is 19.5 Å². The molecule has 1 aromatic carbocycles. The Balaban J connectivity index is 1.75. The van der Waals surface area contributed by atoms with Gasteiger partial charge in [-0.3, -0.25) is 4.79 Å². The molecule has 2 heterocycles. The van der Waals surface area contributed by atoms with Crippen molar-refractivity contribution in [2.45, 2.75) is 31.8 Å². The molecule has 0 radical (unpaired) electrons. The van der Waals surface area contributed by atoms with E-state index in [0.717, 1.165) is 28.1 Å². The molecule has 0 aliphatic carbocycles. The number of sulfonamides is 1. The summed E-state index contributed by atoms with van der Waals surface area (Å²) in [6, 6.07) is 7.26. The highest BCUT2D eigenvalue weighted by Gasteiger charge is 2.36. The van der Waals surface area contributed by atoms with E-state index in [-0.39, 0.29) is 5.91 Å². The maximum atomic E-state index is 12.8. The lowest BCUT2D eigenvalue weighted by Crippen LogP contribution is -2.51. The van der Waals surface area contributed by atoms with Gasteiger partial charge in [-0.2, -0.15) is 4.31 Å². The molecule has 1 aliphatic rings. The van der Waals surface area contributed by atoms with Crippen LogP contribution in [0.15, 0.2) is 24.3 Å². The van der Waals surface area contributed by atoms with Crippen molar-refractivity contribution < 1.29 is 13.2 Å². The zero-order valence-corrected chi connectivity index (χ0v) is 15.4. The Morgan fingerprint density at radius 3 is 2.83 bits per heavy atom. The lowest BCUT2D eigenvalue weighted by Gasteiger charge is -2.34. The van der Waals surface area contributed by atoms with Crippen LogP contribution < -0.4 is 0 Å². The van der Waals surface area contributed by atoms with E-state index in [4.69, 9.17) is 0 Å². The summed E-state index contributed by atoms with van der Waals surface area (Å²) in [6.45, 7) is 0.816. The van der Waals surface area contributed by atoms with Crippen LogP contribution in [0, 0.1) is 0 Å². The Hall–Kier alpha value is -1.51. The van der Waals surface area contributed by atoms with Crippen LogP contribution in [0.1, 0.15) is 24.3 Å². The molecule has 0 bridgehead atoms. The molecule has 1 aromatic heterocycles. The number of carbonyl (C=O) groups excluding carboxylic acids is 1. The van der Waals surface area contributed by atoms with Gasteiger partial charge in [0.05, 0.1) is 23.0 Å². The Labute approximate surface area is 146 Å². The number of para-hydroxylation sites is 1. The normalized spacial score (nSPS) is 19.5. The summed E-state index contributed by atoms with van der Waals surface area (Å²) in [5.41, 5.74) is 0.925. The van der Waals surface area contributed by atoms with Crippen LogP contribution in [0.5, 0.6) is 0 Å². The number of fused-ring (bicyclic) bond motifs is 1. The van der Waals surface area contributed by atoms with Gasteiger partial charge in [0, 0.05) is 13.6 Å². The second kappa shape index (κ2) is 6.78. The summed E-state index contributed by atoms with van der Waals surface area (Å²) in [5.74, 6) is -0.153. The van der Waals surface area contributed by atoms with Gasteiger partial charge in [0.2, 0.25) is 15.9 Å². The summed E-state index contributed by atoms with van der Waals surface area (Å²) >= 11 is 1.56. The van der Waals surface area contributed by atoms with Crippen LogP contribution in [0.4, 0.5) is 0 Å². The maximum Gasteiger partial charge on any atom is 0.241 e. The number of hydrogen-bond acceptors (Lipinski definition) is 5. The molecule has 1 aliphatic heterocycles. The third kappa shape index (κ3) is 3.60. The monoisotopic (exact) mass is 367 g/mol. The first-order valence-corrected chi connectivity index (χ1v) is 10.6. The number of piperidine rings is 1. The number of nitrogens with zero attached hydrogens (tertiary/aromatic N) is 3. The van der Waals surface area contributed by atoms with Crippen molar-refractivity contribution in [2.24, 2.45) is 0 Å². The van der Waals surface area contributed by atoms with E-state index >= 15 is 0 Å². The molecule has 1 unspecified atom stereocenters. The minimum atomic E-state index is -3.37. The van der Waals surface area contributed by atoms with Gasteiger partial charge in [-0.25, -0.2) is 13.4 Å². The van der Waals surface area contributed by atoms with Crippen LogP contribution >= 0.6 is 11.3 Å². The Bertz CT molecular complexity index is 814. The van der Waals surface area contributed by atoms with Crippen molar-refractivity contribution in [3.05, 3.63) is 29.3 Å². The zero-order valence-electron chi connectivity index (χ0n) is 13.8. The summed E-state index contributed by atoms with van der Waals surface area (Å²) in [7, 11) is -1.66. The predicted octanol–water partition coefficient (Wildman–Crippen LogP) is 2.07. The predicted molar refractivity (Wildman–Crippen MR) is 95.3 cm³/mol. The molecular weight excluding hydrogens is 346 g/mol. The van der Waals surface area contributed by atoms with Gasteiger partial charge in [-0.05, 0) is 25.0 Å². The van der Waals surface area contributed by atoms with Crippen molar-refractivity contribution in [3.8, 4) is 0 Å². The molecule has 1 amide bonds. The van der Waals surface area contributed by atoms with Crippen molar-refractivity contribution in [1.82, 2.24) is 14.2 Å². The van der Waals surface area contributed by atoms with Gasteiger partial charge < -0.3 is 4.90 Å². The van der Waals surface area contributed by atoms with Crippen LogP contribution in [0.3, 0.4) is 0 Å². The minimum absolute atomic E-state index is 0.153. The van der Waals surface area contributed by atoms with Crippen LogP contribution in [-0.4, -0.2) is 54.4 Å². The molecule has 1 fully saturated rings. The highest BCUT2D eigenvalue weighted by Crippen LogP contribution is 2.25. The van der Waals surface area contributed by atoms with Crippen LogP contribution in [-0.2, 0) is 21.4 Å². The number of thiazole rings is 1. The first kappa shape index (κ1) is 17.3. The second-order valence-electron chi connectivity index (χ2n) is 6.15. The van der Waals surface area contributed by atoms with E-state index in [9.17, 15) is 13.2 Å². The smallest absolute Gasteiger partial charge is 0.241 e. The van der Waals surface area contributed by atoms with Crippen molar-refractivity contribution >= 4 is 37.5 Å². The molecule has 130 valence electrons. The molecule has 0 N–H and O–H groups in total. The number of hydrogen-bond donors (Lipinski definition) is 0. The van der Waals surface area contributed by atoms with Crippen molar-refractivity contribution in [2.75, 3.05) is 19.8 Å². The molecule has 1 atom stereocenters. The van der Waals surface area contributed by atoms with E-state index in [1.807, 2.05) is 24.3 Å². The van der Waals surface area contributed by atoms with Gasteiger partial charge in [-0.15, -0.1) is 11.3 Å². The number of likely N-dealkylation sites (N-methyl/N-ethyl adjacent to an activating group) is 1. The zero-order chi connectivity index (χ0) is 17.3. The summed E-state index contributed by atoms with van der Waals surface area (Å²) in [5, 5.41) is 0.855. The summed E-state index contributed by atoms with van der Waals surface area (Å²) < 4.78 is 26.3. The molecule has 2 aromatic rings. The van der Waals surface area contributed by atoms with Crippen LogP contribution in [0.25, 0.3) is 10.2 Å². The molecule has 3 rings (SSSR count). The SMILES string of the molecule is CN(Cc1nc2ccccc2s1)C(=O)C1CCCCN1S(C)(=O)=O. The number of rotatable bonds is 4. The average molecular weight is 367 g/mol. The quantitative estimate of drug-likeness (QED) is 0.829. The number of aromatic nitrogens is 1. The van der Waals surface area contributed by atoms with E-state index < -0.39 is 16.1 Å². The molecule has 8 heteroatoms. The fraction of sp³-hybridized carbons (Fsp3) is 0.500. The van der Waals surface area contributed by atoms with E-state index in [2.05, 4.69) is 4.98 Å². The number of benzene rings is 1. The average Bonchev–Trinajstić information content (AvgIpc) is 2.95. The van der Waals surface area contributed by atoms with Gasteiger partial charge in [0.25, 0.3) is 0 Å². The largest absolute Gasteiger partial charge is 0.338 e. The standard InChI is InChI=1S/C16H21N3O3S2/c1-18(11-15-17-12-7-3-4-9-14(12)23-15)16(20)13-8-5-6-10-19(13)24(2,21)22/h3-4,7,9,13H,5-6,8,10-11H2,1-2H3. The van der Waals surface area contributed by atoms with Gasteiger partial charge >= 0.3 is 0 Å². The highest BCUT2D eigenvalue weighted by molar-refractivity contribution is 7.88. The fourth-order valence-electron chi connectivity index (χ4n) is 3.07. The topological polar surface area (TPSA) is 70.6 Å². The van der Waals surface area contributed by atoms with Crippen molar-refractivity contribution in [3.63, 3.8) is 0 Å². The van der Waals surface area contributed by atoms with Crippen LogP contribution in [0.2, 0.25) is 0 Å². The third-order valence-electron chi connectivity index (χ3n) is 4.25. The highest BCUT2D eigenvalue weighted by atomic mass is 32.2. The summed E-state index contributed by atoms with van der Waals surface area (Å²) in [4.78, 5) is 18.9. The Morgan fingerprint density at radius 2 is 2.12 bits per heavy atom. The van der Waals surface area contributed by atoms with E-state index in [1.54, 1.807) is 23.3 Å². The molecule has 24 heavy (non-hydrogen) atoms. The lowest BCUT2D eigenvalue weighted by molar-refractivity contribution is -0.135. The Kier molecular flexibility index (Phi) is 4.89. The van der Waals surface area contributed by atoms with Gasteiger partial charge in [0.1, 0.15) is 11.0 Å². The molecule has 0 spiro atoms.